The maximum Gasteiger partial charge on any atom is 0.331 e. The minimum absolute atomic E-state index is 0.308. The third-order valence-electron chi connectivity index (χ3n) is 6.53. The van der Waals surface area contributed by atoms with Crippen LogP contribution in [0.1, 0.15) is 36.8 Å². The summed E-state index contributed by atoms with van der Waals surface area (Å²) in [5, 5.41) is 1.16. The number of ether oxygens (including phenoxy) is 1. The number of rotatable bonds is 2. The van der Waals surface area contributed by atoms with Gasteiger partial charge in [0.05, 0.1) is 34.4 Å². The molecule has 7 heteroatoms. The van der Waals surface area contributed by atoms with Crippen molar-refractivity contribution in [3.63, 3.8) is 0 Å². The maximum absolute atomic E-state index is 13.6. The summed E-state index contributed by atoms with van der Waals surface area (Å²) >= 11 is 6.14. The van der Waals surface area contributed by atoms with E-state index in [1.807, 2.05) is 49.4 Å². The van der Waals surface area contributed by atoms with Gasteiger partial charge in [-0.25, -0.2) is 4.79 Å². The molecular formula is C26H26ClN3O3. The molecular weight excluding hydrogens is 438 g/mol. The van der Waals surface area contributed by atoms with E-state index < -0.39 is 11.6 Å². The number of aromatic nitrogens is 3. The highest BCUT2D eigenvalue weighted by molar-refractivity contribution is 6.30. The summed E-state index contributed by atoms with van der Waals surface area (Å²) in [5.41, 5.74) is 4.05. The summed E-state index contributed by atoms with van der Waals surface area (Å²) in [6.07, 6.45) is -0.450. The summed E-state index contributed by atoms with van der Waals surface area (Å²) in [7, 11) is 3.24. The van der Waals surface area contributed by atoms with Crippen LogP contribution in [-0.2, 0) is 24.4 Å². The predicted molar refractivity (Wildman–Crippen MR) is 131 cm³/mol. The molecule has 0 saturated heterocycles. The lowest BCUT2D eigenvalue weighted by Gasteiger charge is -2.39. The van der Waals surface area contributed by atoms with Crippen molar-refractivity contribution in [1.29, 1.82) is 0 Å². The molecule has 1 atom stereocenters. The lowest BCUT2D eigenvalue weighted by Crippen LogP contribution is -2.40. The topological polar surface area (TPSA) is 58.2 Å². The molecule has 4 aromatic rings. The van der Waals surface area contributed by atoms with Crippen molar-refractivity contribution < 1.29 is 4.74 Å². The van der Waals surface area contributed by atoms with Gasteiger partial charge in [-0.1, -0.05) is 47.5 Å². The number of fused-ring (bicyclic) bond motifs is 3. The zero-order valence-corrected chi connectivity index (χ0v) is 20.1. The van der Waals surface area contributed by atoms with Crippen LogP contribution in [0.15, 0.2) is 58.1 Å². The van der Waals surface area contributed by atoms with Crippen LogP contribution in [0, 0.1) is 6.92 Å². The predicted octanol–water partition coefficient (Wildman–Crippen LogP) is 4.52. The zero-order valence-electron chi connectivity index (χ0n) is 19.3. The van der Waals surface area contributed by atoms with E-state index in [-0.39, 0.29) is 11.2 Å². The lowest BCUT2D eigenvalue weighted by atomic mass is 9.98. The van der Waals surface area contributed by atoms with Crippen LogP contribution < -0.4 is 11.2 Å². The van der Waals surface area contributed by atoms with Crippen LogP contribution in [0.3, 0.4) is 0 Å². The molecule has 0 spiro atoms. The first-order chi connectivity index (χ1) is 15.6. The van der Waals surface area contributed by atoms with E-state index in [1.165, 1.54) is 11.6 Å². The third-order valence-corrected chi connectivity index (χ3v) is 6.78. The minimum atomic E-state index is -0.450. The number of benzene rings is 2. The van der Waals surface area contributed by atoms with Gasteiger partial charge in [-0.15, -0.1) is 0 Å². The van der Waals surface area contributed by atoms with Crippen molar-refractivity contribution >= 4 is 22.5 Å². The highest BCUT2D eigenvalue weighted by atomic mass is 35.5. The second-order valence-corrected chi connectivity index (χ2v) is 9.86. The SMILES string of the molecule is Cc1cccc(-c2c3c(=O)n(C)c(=O)n(C)c3c3n2C(C)(C)CO[C@H]3c2ccc(Cl)cc2)c1. The molecule has 0 aliphatic carbocycles. The Morgan fingerprint density at radius 3 is 2.39 bits per heavy atom. The van der Waals surface area contributed by atoms with Gasteiger partial charge in [-0.05, 0) is 50.1 Å². The van der Waals surface area contributed by atoms with E-state index in [9.17, 15) is 9.59 Å². The minimum Gasteiger partial charge on any atom is -0.365 e. The Hall–Kier alpha value is -3.09. The summed E-state index contributed by atoms with van der Waals surface area (Å²) in [6, 6.07) is 15.6. The van der Waals surface area contributed by atoms with Crippen molar-refractivity contribution in [2.24, 2.45) is 14.1 Å². The Balaban J connectivity index is 2.01. The molecule has 0 amide bonds. The molecule has 0 radical (unpaired) electrons. The first-order valence-corrected chi connectivity index (χ1v) is 11.3. The Kier molecular flexibility index (Phi) is 4.92. The fourth-order valence-electron chi connectivity index (χ4n) is 4.95. The molecule has 33 heavy (non-hydrogen) atoms. The van der Waals surface area contributed by atoms with Crippen LogP contribution in [0.25, 0.3) is 22.2 Å². The fraction of sp³-hybridized carbons (Fsp3) is 0.308. The van der Waals surface area contributed by atoms with Crippen LogP contribution in [0.5, 0.6) is 0 Å². The second-order valence-electron chi connectivity index (χ2n) is 9.42. The third kappa shape index (κ3) is 3.20. The van der Waals surface area contributed by atoms with Crippen LogP contribution in [0.2, 0.25) is 5.02 Å². The standard InChI is InChI=1S/C26H26ClN3O3/c1-15-7-6-8-17(13-15)20-19-21(28(4)25(32)29(5)24(19)31)22-23(16-9-11-18(27)12-10-16)33-14-26(2,3)30(20)22/h6-13,23H,14H2,1-5H3/t23-/m0/s1. The molecule has 0 saturated carbocycles. The van der Waals surface area contributed by atoms with Gasteiger partial charge in [-0.3, -0.25) is 13.9 Å². The summed E-state index contributed by atoms with van der Waals surface area (Å²) in [5.74, 6) is 0. The molecule has 170 valence electrons. The highest BCUT2D eigenvalue weighted by Gasteiger charge is 2.40. The summed E-state index contributed by atoms with van der Waals surface area (Å²) in [6.45, 7) is 6.66. The monoisotopic (exact) mass is 463 g/mol. The molecule has 3 heterocycles. The number of halogens is 1. The van der Waals surface area contributed by atoms with E-state index in [1.54, 1.807) is 11.6 Å². The molecule has 2 aromatic heterocycles. The van der Waals surface area contributed by atoms with Gasteiger partial charge in [0.1, 0.15) is 6.10 Å². The average molecular weight is 464 g/mol. The lowest BCUT2D eigenvalue weighted by molar-refractivity contribution is -0.00707. The molecule has 0 bridgehead atoms. The van der Waals surface area contributed by atoms with Gasteiger partial charge in [0, 0.05) is 19.1 Å². The highest BCUT2D eigenvalue weighted by Crippen LogP contribution is 2.45. The second kappa shape index (κ2) is 7.47. The summed E-state index contributed by atoms with van der Waals surface area (Å²) in [4.78, 5) is 26.6. The normalized spacial score (nSPS) is 17.3. The smallest absolute Gasteiger partial charge is 0.331 e. The molecule has 5 rings (SSSR count). The number of hydrogen-bond acceptors (Lipinski definition) is 3. The Bertz CT molecular complexity index is 1520. The van der Waals surface area contributed by atoms with Crippen molar-refractivity contribution in [3.8, 4) is 11.3 Å². The van der Waals surface area contributed by atoms with Crippen LogP contribution >= 0.6 is 11.6 Å². The van der Waals surface area contributed by atoms with Gasteiger partial charge in [0.25, 0.3) is 5.56 Å². The molecule has 1 aliphatic heterocycles. The molecule has 0 N–H and O–H groups in total. The van der Waals surface area contributed by atoms with E-state index in [0.29, 0.717) is 22.5 Å². The van der Waals surface area contributed by atoms with Crippen molar-refractivity contribution in [1.82, 2.24) is 13.7 Å². The van der Waals surface area contributed by atoms with Crippen LogP contribution in [0.4, 0.5) is 0 Å². The molecule has 2 aromatic carbocycles. The van der Waals surface area contributed by atoms with Crippen molar-refractivity contribution in [3.05, 3.63) is 91.2 Å². The van der Waals surface area contributed by atoms with Crippen LogP contribution in [-0.4, -0.2) is 20.3 Å². The number of nitrogens with zero attached hydrogens (tertiary/aromatic N) is 3. The maximum atomic E-state index is 13.6. The fourth-order valence-corrected chi connectivity index (χ4v) is 5.08. The summed E-state index contributed by atoms with van der Waals surface area (Å²) < 4.78 is 11.4. The van der Waals surface area contributed by atoms with E-state index in [0.717, 1.165) is 28.1 Å². The Morgan fingerprint density at radius 2 is 1.73 bits per heavy atom. The Morgan fingerprint density at radius 1 is 1.03 bits per heavy atom. The first-order valence-electron chi connectivity index (χ1n) is 10.9. The number of aryl methyl sites for hydroxylation is 2. The first kappa shape index (κ1) is 21.7. The van der Waals surface area contributed by atoms with Crippen molar-refractivity contribution in [2.75, 3.05) is 6.61 Å². The largest absolute Gasteiger partial charge is 0.365 e. The number of hydrogen-bond donors (Lipinski definition) is 0. The van der Waals surface area contributed by atoms with E-state index in [4.69, 9.17) is 16.3 Å². The van der Waals surface area contributed by atoms with Gasteiger partial charge >= 0.3 is 5.69 Å². The van der Waals surface area contributed by atoms with E-state index >= 15 is 0 Å². The van der Waals surface area contributed by atoms with Crippen molar-refractivity contribution in [2.45, 2.75) is 32.4 Å². The Labute approximate surface area is 196 Å². The molecule has 0 fully saturated rings. The van der Waals surface area contributed by atoms with Gasteiger partial charge in [-0.2, -0.15) is 0 Å². The molecule has 6 nitrogen and oxygen atoms in total. The van der Waals surface area contributed by atoms with Gasteiger partial charge in [0.2, 0.25) is 0 Å². The molecule has 1 aliphatic rings. The van der Waals surface area contributed by atoms with Gasteiger partial charge in [0.15, 0.2) is 0 Å². The quantitative estimate of drug-likeness (QED) is 0.439. The van der Waals surface area contributed by atoms with E-state index in [2.05, 4.69) is 24.5 Å². The van der Waals surface area contributed by atoms with Gasteiger partial charge < -0.3 is 9.30 Å². The molecule has 0 unspecified atom stereocenters. The average Bonchev–Trinajstić information content (AvgIpc) is 3.15. The zero-order chi connectivity index (χ0) is 23.7.